The monoisotopic (exact) mass is 502 g/mol. The third kappa shape index (κ3) is 4.04. The van der Waals surface area contributed by atoms with E-state index in [2.05, 4.69) is 10.1 Å². The Hall–Kier alpha value is -4.68. The van der Waals surface area contributed by atoms with Crippen molar-refractivity contribution >= 4 is 35.3 Å². The molecule has 3 aliphatic heterocycles. The lowest BCUT2D eigenvalue weighted by Crippen LogP contribution is -2.45. The van der Waals surface area contributed by atoms with Gasteiger partial charge in [0.05, 0.1) is 26.9 Å². The predicted octanol–water partition coefficient (Wildman–Crippen LogP) is 2.66. The Morgan fingerprint density at radius 2 is 1.58 bits per heavy atom. The molecule has 10 nitrogen and oxygen atoms in total. The number of alkyl halides is 3. The van der Waals surface area contributed by atoms with E-state index in [1.807, 2.05) is 0 Å². The fourth-order valence-corrected chi connectivity index (χ4v) is 3.65. The Balaban J connectivity index is 2.12. The Morgan fingerprint density at radius 3 is 2.22 bits per heavy atom. The first kappa shape index (κ1) is 24.4. The number of methoxy groups -OCH3 is 3. The summed E-state index contributed by atoms with van der Waals surface area (Å²) in [7, 11) is 3.05. The van der Waals surface area contributed by atoms with Gasteiger partial charge in [0.2, 0.25) is 0 Å². The summed E-state index contributed by atoms with van der Waals surface area (Å²) in [5.74, 6) is -3.36. The van der Waals surface area contributed by atoms with Crippen LogP contribution in [0.25, 0.3) is 0 Å². The van der Waals surface area contributed by atoms with Gasteiger partial charge >= 0.3 is 24.1 Å². The third-order valence-electron chi connectivity index (χ3n) is 5.21. The fraction of sp³-hybridized carbons (Fsp3) is 0.174. The Morgan fingerprint density at radius 1 is 0.917 bits per heavy atom. The van der Waals surface area contributed by atoms with Gasteiger partial charge in [-0.2, -0.15) is 13.2 Å². The van der Waals surface area contributed by atoms with Crippen LogP contribution in [0.4, 0.5) is 18.9 Å². The molecular weight excluding hydrogens is 485 g/mol. The zero-order valence-corrected chi connectivity index (χ0v) is 19.0. The molecule has 0 radical (unpaired) electrons. The van der Waals surface area contributed by atoms with Crippen molar-refractivity contribution in [2.24, 2.45) is 10.1 Å². The molecule has 1 aromatic carbocycles. The van der Waals surface area contributed by atoms with E-state index >= 15 is 0 Å². The first-order valence-corrected chi connectivity index (χ1v) is 10.1. The van der Waals surface area contributed by atoms with Gasteiger partial charge in [0, 0.05) is 11.9 Å². The maximum absolute atomic E-state index is 13.5. The van der Waals surface area contributed by atoms with Crippen molar-refractivity contribution in [3.05, 3.63) is 76.8 Å². The molecule has 0 aromatic heterocycles. The Labute approximate surface area is 201 Å². The molecule has 0 fully saturated rings. The van der Waals surface area contributed by atoms with E-state index in [0.717, 1.165) is 44.4 Å². The second-order valence-corrected chi connectivity index (χ2v) is 7.24. The number of halogens is 3. The molecule has 0 aliphatic carbocycles. The van der Waals surface area contributed by atoms with E-state index in [0.29, 0.717) is 0 Å². The van der Waals surface area contributed by atoms with Gasteiger partial charge in [0.1, 0.15) is 22.5 Å². The summed E-state index contributed by atoms with van der Waals surface area (Å²) in [6, 6.07) is 3.98. The van der Waals surface area contributed by atoms with Crippen LogP contribution >= 0.6 is 0 Å². The van der Waals surface area contributed by atoms with Gasteiger partial charge in [0.25, 0.3) is 0 Å². The normalized spacial score (nSPS) is 16.7. The number of carbonyl (C=O) groups is 3. The van der Waals surface area contributed by atoms with Crippen molar-refractivity contribution in [3.8, 4) is 0 Å². The molecule has 13 heteroatoms. The van der Waals surface area contributed by atoms with Gasteiger partial charge in [-0.25, -0.2) is 24.4 Å². The van der Waals surface area contributed by atoms with Crippen LogP contribution in [-0.2, 0) is 34.8 Å². The number of hydrazone groups is 1. The van der Waals surface area contributed by atoms with E-state index in [-0.39, 0.29) is 23.1 Å². The number of hydrogen-bond donors (Lipinski definition) is 0. The molecule has 0 spiro atoms. The summed E-state index contributed by atoms with van der Waals surface area (Å²) in [6.45, 7) is 0. The molecule has 0 amide bonds. The summed E-state index contributed by atoms with van der Waals surface area (Å²) < 4.78 is 55.1. The van der Waals surface area contributed by atoms with Gasteiger partial charge in [-0.1, -0.05) is 12.1 Å². The van der Waals surface area contributed by atoms with Crippen molar-refractivity contribution < 1.29 is 41.8 Å². The molecule has 0 saturated heterocycles. The van der Waals surface area contributed by atoms with Crippen LogP contribution in [0, 0.1) is 0 Å². The summed E-state index contributed by atoms with van der Waals surface area (Å²) in [5.41, 5.74) is -3.16. The second kappa shape index (κ2) is 9.17. The second-order valence-electron chi connectivity index (χ2n) is 7.24. The molecule has 1 aromatic rings. The molecule has 0 unspecified atom stereocenters. The minimum Gasteiger partial charge on any atom is -0.465 e. The van der Waals surface area contributed by atoms with Crippen LogP contribution < -0.4 is 4.90 Å². The number of amidine groups is 2. The largest absolute Gasteiger partial charge is 0.465 e. The Bertz CT molecular complexity index is 1350. The van der Waals surface area contributed by atoms with E-state index in [9.17, 15) is 27.6 Å². The lowest BCUT2D eigenvalue weighted by atomic mass is 9.94. The predicted molar refractivity (Wildman–Crippen MR) is 119 cm³/mol. The number of ether oxygens (including phenoxy) is 3. The van der Waals surface area contributed by atoms with Crippen LogP contribution in [0.3, 0.4) is 0 Å². The average molecular weight is 502 g/mol. The highest BCUT2D eigenvalue weighted by atomic mass is 19.4. The zero-order chi connectivity index (χ0) is 26.2. The molecule has 4 rings (SSSR count). The quantitative estimate of drug-likeness (QED) is 0.457. The summed E-state index contributed by atoms with van der Waals surface area (Å²) in [6.07, 6.45) is 1.59. The van der Waals surface area contributed by atoms with Gasteiger partial charge in [0.15, 0.2) is 11.7 Å². The molecule has 36 heavy (non-hydrogen) atoms. The maximum Gasteiger partial charge on any atom is 0.416 e. The summed E-state index contributed by atoms with van der Waals surface area (Å²) >= 11 is 0. The highest BCUT2D eigenvalue weighted by Crippen LogP contribution is 2.40. The number of benzene rings is 1. The Kier molecular flexibility index (Phi) is 6.23. The molecule has 186 valence electrons. The van der Waals surface area contributed by atoms with E-state index in [1.165, 1.54) is 17.3 Å². The van der Waals surface area contributed by atoms with Crippen molar-refractivity contribution in [2.45, 2.75) is 6.18 Å². The first-order valence-electron chi connectivity index (χ1n) is 10.1. The van der Waals surface area contributed by atoms with Crippen molar-refractivity contribution in [1.82, 2.24) is 5.01 Å². The summed E-state index contributed by atoms with van der Waals surface area (Å²) in [5, 5.41) is 5.68. The van der Waals surface area contributed by atoms with Gasteiger partial charge < -0.3 is 14.2 Å². The van der Waals surface area contributed by atoms with Crippen LogP contribution in [0.2, 0.25) is 0 Å². The summed E-state index contributed by atoms with van der Waals surface area (Å²) in [4.78, 5) is 44.2. The number of anilines is 1. The SMILES string of the molecule is COC(=O)C1=C2N=C3C=CC=CN3N=C2N(c2cccc(C(F)(F)F)c2)C(C(=O)OC)=C1C(=O)OC. The standard InChI is InChI=1S/C23H17F3N4O6/c1-34-20(31)15-16(21(32)35-2)18(22(33)36-3)30(13-8-6-7-12(11-13)23(24,25)26)19-17(15)27-14-9-4-5-10-29(14)28-19/h4-11H,1-3H3. The zero-order valence-electron chi connectivity index (χ0n) is 19.0. The topological polar surface area (TPSA) is 110 Å². The highest BCUT2D eigenvalue weighted by molar-refractivity contribution is 6.28. The van der Waals surface area contributed by atoms with E-state index < -0.39 is 46.5 Å². The number of esters is 3. The van der Waals surface area contributed by atoms with Crippen LogP contribution in [0.5, 0.6) is 0 Å². The van der Waals surface area contributed by atoms with Gasteiger partial charge in [-0.05, 0) is 30.4 Å². The van der Waals surface area contributed by atoms with Crippen molar-refractivity contribution in [1.29, 1.82) is 0 Å². The van der Waals surface area contributed by atoms with Gasteiger partial charge in [-0.3, -0.25) is 4.90 Å². The van der Waals surface area contributed by atoms with Crippen LogP contribution in [0.1, 0.15) is 5.56 Å². The van der Waals surface area contributed by atoms with Crippen LogP contribution in [0.15, 0.2) is 81.3 Å². The maximum atomic E-state index is 13.5. The number of allylic oxidation sites excluding steroid dienone is 2. The molecule has 0 N–H and O–H groups in total. The number of hydrogen-bond acceptors (Lipinski definition) is 10. The minimum absolute atomic E-state index is 0.207. The molecular formula is C23H17F3N4O6. The van der Waals surface area contributed by atoms with Crippen molar-refractivity contribution in [2.75, 3.05) is 26.2 Å². The van der Waals surface area contributed by atoms with Crippen molar-refractivity contribution in [3.63, 3.8) is 0 Å². The first-order chi connectivity index (χ1) is 17.1. The minimum atomic E-state index is -4.72. The van der Waals surface area contributed by atoms with Crippen LogP contribution in [-0.4, -0.2) is 55.9 Å². The van der Waals surface area contributed by atoms with Gasteiger partial charge in [-0.15, -0.1) is 5.10 Å². The number of carbonyl (C=O) groups excluding carboxylic acids is 3. The smallest absolute Gasteiger partial charge is 0.416 e. The number of rotatable bonds is 4. The molecule has 0 atom stereocenters. The fourth-order valence-electron chi connectivity index (χ4n) is 3.65. The number of fused-ring (bicyclic) bond motifs is 2. The molecule has 3 heterocycles. The average Bonchev–Trinajstić information content (AvgIpc) is 2.88. The lowest BCUT2D eigenvalue weighted by Gasteiger charge is -2.36. The lowest BCUT2D eigenvalue weighted by molar-refractivity contribution is -0.140. The van der Waals surface area contributed by atoms with E-state index in [4.69, 9.17) is 14.2 Å². The molecule has 0 saturated carbocycles. The number of nitrogens with zero attached hydrogens (tertiary/aromatic N) is 4. The highest BCUT2D eigenvalue weighted by Gasteiger charge is 2.46. The molecule has 3 aliphatic rings. The number of aliphatic imine (C=N–C) groups is 1. The third-order valence-corrected chi connectivity index (χ3v) is 5.21. The molecule has 0 bridgehead atoms. The van der Waals surface area contributed by atoms with E-state index in [1.54, 1.807) is 18.2 Å².